The maximum atomic E-state index is 13.7. The number of carbonyl (C=O) groups is 1. The van der Waals surface area contributed by atoms with E-state index < -0.39 is 23.2 Å². The zero-order valence-corrected chi connectivity index (χ0v) is 19.8. The van der Waals surface area contributed by atoms with Gasteiger partial charge in [-0.2, -0.15) is 23.4 Å². The third-order valence-electron chi connectivity index (χ3n) is 4.93. The quantitative estimate of drug-likeness (QED) is 0.373. The first-order valence-electron chi connectivity index (χ1n) is 10.1. The molecule has 0 unspecified atom stereocenters. The van der Waals surface area contributed by atoms with Crippen molar-refractivity contribution in [3.63, 3.8) is 0 Å². The van der Waals surface area contributed by atoms with Crippen molar-refractivity contribution in [1.29, 1.82) is 0 Å². The standard InChI is InChI=1S/C22H19Cl2F3N6O/c1-21(2,3)16-9-17(22(25,26)27)33-18(28-16)8-15(30-33)20(34)29-19-14(24)11-32(31-19)10-12-4-6-13(23)7-5-12/h4-9,11H,10H2,1-3H3,(H,29,31,34). The van der Waals surface area contributed by atoms with Gasteiger partial charge in [-0.3, -0.25) is 9.48 Å². The predicted molar refractivity (Wildman–Crippen MR) is 122 cm³/mol. The van der Waals surface area contributed by atoms with Crippen LogP contribution in [0.4, 0.5) is 19.0 Å². The Balaban J connectivity index is 1.62. The van der Waals surface area contributed by atoms with Crippen LogP contribution in [0.1, 0.15) is 48.2 Å². The fourth-order valence-corrected chi connectivity index (χ4v) is 3.51. The first-order chi connectivity index (χ1) is 15.8. The average Bonchev–Trinajstić information content (AvgIpc) is 3.31. The number of alkyl halides is 3. The van der Waals surface area contributed by atoms with Crippen molar-refractivity contribution in [2.45, 2.75) is 38.9 Å². The van der Waals surface area contributed by atoms with Crippen molar-refractivity contribution in [3.8, 4) is 0 Å². The smallest absolute Gasteiger partial charge is 0.302 e. The molecule has 12 heteroatoms. The van der Waals surface area contributed by atoms with Gasteiger partial charge in [0.25, 0.3) is 5.91 Å². The summed E-state index contributed by atoms with van der Waals surface area (Å²) in [5, 5.41) is 11.3. The van der Waals surface area contributed by atoms with Crippen LogP contribution in [0.25, 0.3) is 5.65 Å². The number of fused-ring (bicyclic) bond motifs is 1. The Morgan fingerprint density at radius 3 is 2.35 bits per heavy atom. The lowest BCUT2D eigenvalue weighted by molar-refractivity contribution is -0.142. The predicted octanol–water partition coefficient (Wildman–Crippen LogP) is 5.85. The molecule has 0 spiro atoms. The first kappa shape index (κ1) is 24.0. The molecule has 0 bridgehead atoms. The van der Waals surface area contributed by atoms with Crippen LogP contribution in [0, 0.1) is 0 Å². The van der Waals surface area contributed by atoms with Gasteiger partial charge >= 0.3 is 6.18 Å². The fraction of sp³-hybridized carbons (Fsp3) is 0.273. The highest BCUT2D eigenvalue weighted by molar-refractivity contribution is 6.33. The lowest BCUT2D eigenvalue weighted by atomic mass is 9.91. The van der Waals surface area contributed by atoms with E-state index in [0.717, 1.165) is 11.6 Å². The molecule has 0 saturated carbocycles. The van der Waals surface area contributed by atoms with E-state index in [2.05, 4.69) is 20.5 Å². The summed E-state index contributed by atoms with van der Waals surface area (Å²) < 4.78 is 43.2. The number of hydrogen-bond acceptors (Lipinski definition) is 4. The summed E-state index contributed by atoms with van der Waals surface area (Å²) in [6.45, 7) is 5.62. The second kappa shape index (κ2) is 8.59. The number of rotatable bonds is 4. The van der Waals surface area contributed by atoms with Crippen LogP contribution in [0.5, 0.6) is 0 Å². The highest BCUT2D eigenvalue weighted by atomic mass is 35.5. The number of hydrogen-bond donors (Lipinski definition) is 1. The van der Waals surface area contributed by atoms with Gasteiger partial charge in [-0.25, -0.2) is 9.50 Å². The molecule has 3 heterocycles. The van der Waals surface area contributed by atoms with E-state index in [4.69, 9.17) is 23.2 Å². The molecule has 34 heavy (non-hydrogen) atoms. The lowest BCUT2D eigenvalue weighted by Crippen LogP contribution is -2.20. The van der Waals surface area contributed by atoms with Crippen LogP contribution in [-0.2, 0) is 18.1 Å². The third kappa shape index (κ3) is 5.02. The number of aromatic nitrogens is 5. The SMILES string of the molecule is CC(C)(C)c1cc(C(F)(F)F)n2nc(C(=O)Nc3nn(Cc4ccc(Cl)cc4)cc3Cl)cc2n1. The van der Waals surface area contributed by atoms with Crippen LogP contribution in [0.15, 0.2) is 42.6 Å². The van der Waals surface area contributed by atoms with E-state index in [-0.39, 0.29) is 27.9 Å². The average molecular weight is 511 g/mol. The highest BCUT2D eigenvalue weighted by Crippen LogP contribution is 2.33. The topological polar surface area (TPSA) is 77.1 Å². The number of anilines is 1. The minimum Gasteiger partial charge on any atom is -0.302 e. The van der Waals surface area contributed by atoms with Crippen LogP contribution in [-0.4, -0.2) is 30.3 Å². The molecular formula is C22H19Cl2F3N6O. The van der Waals surface area contributed by atoms with Crippen LogP contribution in [0.2, 0.25) is 10.0 Å². The minimum atomic E-state index is -4.69. The normalized spacial score (nSPS) is 12.4. The second-order valence-electron chi connectivity index (χ2n) is 8.68. The highest BCUT2D eigenvalue weighted by Gasteiger charge is 2.36. The Morgan fingerprint density at radius 2 is 1.74 bits per heavy atom. The summed E-state index contributed by atoms with van der Waals surface area (Å²) in [4.78, 5) is 17.0. The summed E-state index contributed by atoms with van der Waals surface area (Å²) >= 11 is 12.1. The summed E-state index contributed by atoms with van der Waals surface area (Å²) in [5.41, 5.74) is -0.882. The molecule has 178 valence electrons. The molecule has 0 atom stereocenters. The van der Waals surface area contributed by atoms with E-state index in [1.807, 2.05) is 12.1 Å². The molecule has 0 radical (unpaired) electrons. The second-order valence-corrected chi connectivity index (χ2v) is 9.52. The molecule has 7 nitrogen and oxygen atoms in total. The maximum Gasteiger partial charge on any atom is 0.433 e. The van der Waals surface area contributed by atoms with Gasteiger partial charge in [0.2, 0.25) is 0 Å². The summed E-state index contributed by atoms with van der Waals surface area (Å²) in [7, 11) is 0. The van der Waals surface area contributed by atoms with Gasteiger partial charge in [-0.15, -0.1) is 0 Å². The van der Waals surface area contributed by atoms with E-state index in [1.54, 1.807) is 32.9 Å². The largest absolute Gasteiger partial charge is 0.433 e. The van der Waals surface area contributed by atoms with E-state index in [1.165, 1.54) is 16.9 Å². The number of halogens is 5. The van der Waals surface area contributed by atoms with Gasteiger partial charge in [0.1, 0.15) is 10.7 Å². The van der Waals surface area contributed by atoms with Crippen molar-refractivity contribution in [3.05, 3.63) is 75.3 Å². The molecule has 0 aliphatic heterocycles. The number of benzene rings is 1. The number of nitrogens with zero attached hydrogens (tertiary/aromatic N) is 5. The molecule has 0 aliphatic rings. The maximum absolute atomic E-state index is 13.7. The Morgan fingerprint density at radius 1 is 1.06 bits per heavy atom. The van der Waals surface area contributed by atoms with Crippen molar-refractivity contribution in [2.24, 2.45) is 0 Å². The van der Waals surface area contributed by atoms with Gasteiger partial charge in [-0.1, -0.05) is 56.1 Å². The molecule has 0 fully saturated rings. The Hall–Kier alpha value is -3.11. The van der Waals surface area contributed by atoms with E-state index >= 15 is 0 Å². The Bertz CT molecular complexity index is 1370. The fourth-order valence-electron chi connectivity index (χ4n) is 3.18. The van der Waals surface area contributed by atoms with Gasteiger partial charge < -0.3 is 5.32 Å². The van der Waals surface area contributed by atoms with Crippen LogP contribution >= 0.6 is 23.2 Å². The molecular weight excluding hydrogens is 492 g/mol. The van der Waals surface area contributed by atoms with Gasteiger partial charge in [0.15, 0.2) is 17.2 Å². The van der Waals surface area contributed by atoms with Crippen LogP contribution < -0.4 is 5.32 Å². The van der Waals surface area contributed by atoms with E-state index in [0.29, 0.717) is 16.1 Å². The van der Waals surface area contributed by atoms with Gasteiger partial charge in [0, 0.05) is 22.7 Å². The first-order valence-corrected chi connectivity index (χ1v) is 10.8. The minimum absolute atomic E-state index is 0.0528. The number of amides is 1. The van der Waals surface area contributed by atoms with Crippen molar-refractivity contribution in [1.82, 2.24) is 24.4 Å². The van der Waals surface area contributed by atoms with Gasteiger partial charge in [-0.05, 0) is 23.8 Å². The summed E-state index contributed by atoms with van der Waals surface area (Å²) in [6.07, 6.45) is -3.17. The lowest BCUT2D eigenvalue weighted by Gasteiger charge is -2.19. The molecule has 1 N–H and O–H groups in total. The van der Waals surface area contributed by atoms with Crippen molar-refractivity contribution < 1.29 is 18.0 Å². The van der Waals surface area contributed by atoms with Gasteiger partial charge in [0.05, 0.1) is 12.2 Å². The molecule has 4 aromatic rings. The zero-order valence-electron chi connectivity index (χ0n) is 18.3. The van der Waals surface area contributed by atoms with Crippen molar-refractivity contribution >= 4 is 40.6 Å². The molecule has 1 aromatic carbocycles. The molecule has 1 amide bonds. The Kier molecular flexibility index (Phi) is 6.07. The molecule has 0 saturated heterocycles. The van der Waals surface area contributed by atoms with Crippen LogP contribution in [0.3, 0.4) is 0 Å². The molecule has 0 aliphatic carbocycles. The zero-order chi connectivity index (χ0) is 24.8. The summed E-state index contributed by atoms with van der Waals surface area (Å²) in [6, 6.07) is 9.26. The molecule has 3 aromatic heterocycles. The summed E-state index contributed by atoms with van der Waals surface area (Å²) in [5.74, 6) is -0.716. The number of nitrogens with one attached hydrogen (secondary N) is 1. The number of carbonyl (C=O) groups excluding carboxylic acids is 1. The van der Waals surface area contributed by atoms with Crippen molar-refractivity contribution in [2.75, 3.05) is 5.32 Å². The molecule has 4 rings (SSSR count). The van der Waals surface area contributed by atoms with E-state index in [9.17, 15) is 18.0 Å². The monoisotopic (exact) mass is 510 g/mol. The third-order valence-corrected chi connectivity index (χ3v) is 5.45. The Labute approximate surface area is 202 Å².